The Bertz CT molecular complexity index is 817. The summed E-state index contributed by atoms with van der Waals surface area (Å²) in [5.74, 6) is 0.731. The first-order valence-corrected chi connectivity index (χ1v) is 8.26. The van der Waals surface area contributed by atoms with Gasteiger partial charge in [-0.3, -0.25) is 9.30 Å². The fourth-order valence-electron chi connectivity index (χ4n) is 3.19. The molecule has 2 aromatic heterocycles. The van der Waals surface area contributed by atoms with E-state index in [1.807, 2.05) is 30.5 Å². The predicted octanol–water partition coefficient (Wildman–Crippen LogP) is 1.56. The van der Waals surface area contributed by atoms with Crippen molar-refractivity contribution in [2.45, 2.75) is 12.6 Å². The first kappa shape index (κ1) is 15.3. The summed E-state index contributed by atoms with van der Waals surface area (Å²) in [7, 11) is 0. The monoisotopic (exact) mass is 323 g/mol. The summed E-state index contributed by atoms with van der Waals surface area (Å²) in [6, 6.07) is 12.2. The van der Waals surface area contributed by atoms with Gasteiger partial charge in [-0.15, -0.1) is 0 Å². The van der Waals surface area contributed by atoms with Crippen molar-refractivity contribution in [3.05, 3.63) is 54.5 Å². The first-order chi connectivity index (χ1) is 11.8. The maximum atomic E-state index is 5.77. The molecule has 2 N–H and O–H groups in total. The van der Waals surface area contributed by atoms with E-state index in [2.05, 4.69) is 26.4 Å². The van der Waals surface area contributed by atoms with Crippen LogP contribution in [0.3, 0.4) is 0 Å². The molecular formula is C18H21N5O. The van der Waals surface area contributed by atoms with E-state index >= 15 is 0 Å². The summed E-state index contributed by atoms with van der Waals surface area (Å²) >= 11 is 0. The molecule has 24 heavy (non-hydrogen) atoms. The summed E-state index contributed by atoms with van der Waals surface area (Å²) in [6.45, 7) is 3.82. The number of benzene rings is 1. The molecule has 0 bridgehead atoms. The first-order valence-electron chi connectivity index (χ1n) is 8.26. The van der Waals surface area contributed by atoms with E-state index in [1.165, 1.54) is 0 Å². The Kier molecular flexibility index (Phi) is 4.25. The average molecular weight is 323 g/mol. The molecule has 0 spiro atoms. The summed E-state index contributed by atoms with van der Waals surface area (Å²) in [4.78, 5) is 11.5. The highest BCUT2D eigenvalue weighted by Gasteiger charge is 2.22. The Morgan fingerprint density at radius 1 is 1.21 bits per heavy atom. The largest absolute Gasteiger partial charge is 0.374 e. The van der Waals surface area contributed by atoms with Gasteiger partial charge in [0.15, 0.2) is 0 Å². The topological polar surface area (TPSA) is 68.7 Å². The van der Waals surface area contributed by atoms with Crippen molar-refractivity contribution in [1.29, 1.82) is 0 Å². The van der Waals surface area contributed by atoms with Crippen molar-refractivity contribution in [1.82, 2.24) is 19.3 Å². The van der Waals surface area contributed by atoms with Crippen molar-refractivity contribution in [3.8, 4) is 11.3 Å². The normalized spacial score (nSPS) is 19.0. The van der Waals surface area contributed by atoms with E-state index in [-0.39, 0.29) is 6.10 Å². The van der Waals surface area contributed by atoms with Gasteiger partial charge in [-0.25, -0.2) is 9.97 Å². The summed E-state index contributed by atoms with van der Waals surface area (Å²) < 4.78 is 7.76. The lowest BCUT2D eigenvalue weighted by Crippen LogP contribution is -2.45. The van der Waals surface area contributed by atoms with Crippen LogP contribution >= 0.6 is 0 Å². The molecule has 6 heteroatoms. The molecule has 0 aliphatic carbocycles. The van der Waals surface area contributed by atoms with E-state index < -0.39 is 0 Å². The molecule has 1 saturated heterocycles. The number of hydrogen-bond donors (Lipinski definition) is 1. The molecule has 1 aliphatic rings. The second-order valence-electron chi connectivity index (χ2n) is 6.03. The SMILES string of the molecule is NC[C@H]1CN(Cc2c(-c3ccccc3)nc3ncccn23)CCO1. The van der Waals surface area contributed by atoms with Crippen LogP contribution in [0.2, 0.25) is 0 Å². The van der Waals surface area contributed by atoms with E-state index in [4.69, 9.17) is 15.5 Å². The van der Waals surface area contributed by atoms with Gasteiger partial charge in [-0.2, -0.15) is 0 Å². The second-order valence-corrected chi connectivity index (χ2v) is 6.03. The Hall–Kier alpha value is -2.28. The molecule has 1 fully saturated rings. The van der Waals surface area contributed by atoms with Gasteiger partial charge in [0.05, 0.1) is 24.1 Å². The van der Waals surface area contributed by atoms with Gasteiger partial charge in [-0.1, -0.05) is 30.3 Å². The van der Waals surface area contributed by atoms with Crippen LogP contribution in [0.25, 0.3) is 17.0 Å². The van der Waals surface area contributed by atoms with E-state index in [1.54, 1.807) is 6.20 Å². The van der Waals surface area contributed by atoms with Gasteiger partial charge >= 0.3 is 0 Å². The molecule has 6 nitrogen and oxygen atoms in total. The smallest absolute Gasteiger partial charge is 0.234 e. The van der Waals surface area contributed by atoms with Gasteiger partial charge < -0.3 is 10.5 Å². The number of imidazole rings is 1. The summed E-state index contributed by atoms with van der Waals surface area (Å²) in [5, 5.41) is 0. The molecule has 0 saturated carbocycles. The number of nitrogens with zero attached hydrogens (tertiary/aromatic N) is 4. The lowest BCUT2D eigenvalue weighted by Gasteiger charge is -2.32. The predicted molar refractivity (Wildman–Crippen MR) is 92.5 cm³/mol. The highest BCUT2D eigenvalue weighted by atomic mass is 16.5. The lowest BCUT2D eigenvalue weighted by molar-refractivity contribution is -0.0264. The quantitative estimate of drug-likeness (QED) is 0.789. The van der Waals surface area contributed by atoms with Crippen molar-refractivity contribution >= 4 is 5.78 Å². The number of hydrogen-bond acceptors (Lipinski definition) is 5. The maximum Gasteiger partial charge on any atom is 0.234 e. The number of rotatable bonds is 4. The van der Waals surface area contributed by atoms with Crippen LogP contribution in [-0.2, 0) is 11.3 Å². The third kappa shape index (κ3) is 2.91. The Morgan fingerprint density at radius 3 is 2.92 bits per heavy atom. The fourth-order valence-corrected chi connectivity index (χ4v) is 3.19. The summed E-state index contributed by atoms with van der Waals surface area (Å²) in [6.07, 6.45) is 3.91. The molecule has 124 valence electrons. The van der Waals surface area contributed by atoms with Crippen LogP contribution in [0, 0.1) is 0 Å². The van der Waals surface area contributed by atoms with Crippen LogP contribution in [0.1, 0.15) is 5.69 Å². The third-order valence-electron chi connectivity index (χ3n) is 4.41. The summed E-state index contributed by atoms with van der Waals surface area (Å²) in [5.41, 5.74) is 9.03. The lowest BCUT2D eigenvalue weighted by atomic mass is 10.1. The Balaban J connectivity index is 1.73. The average Bonchev–Trinajstić information content (AvgIpc) is 3.01. The number of morpholine rings is 1. The molecule has 1 atom stereocenters. The highest BCUT2D eigenvalue weighted by Crippen LogP contribution is 2.25. The van der Waals surface area contributed by atoms with E-state index in [9.17, 15) is 0 Å². The Morgan fingerprint density at radius 2 is 2.08 bits per heavy atom. The van der Waals surface area contributed by atoms with Gasteiger partial charge in [0.1, 0.15) is 0 Å². The maximum absolute atomic E-state index is 5.77. The van der Waals surface area contributed by atoms with Crippen LogP contribution in [-0.4, -0.2) is 51.6 Å². The van der Waals surface area contributed by atoms with E-state index in [0.29, 0.717) is 6.54 Å². The number of aromatic nitrogens is 3. The minimum absolute atomic E-state index is 0.108. The molecule has 3 heterocycles. The standard InChI is InChI=1S/C18H21N5O/c19-11-15-12-22(9-10-24-15)13-16-17(14-5-2-1-3-6-14)21-18-20-7-4-8-23(16)18/h1-8,15H,9-13,19H2/t15-/m0/s1. The molecule has 0 amide bonds. The molecule has 0 unspecified atom stereocenters. The van der Waals surface area contributed by atoms with Gasteiger partial charge in [0.25, 0.3) is 0 Å². The van der Waals surface area contributed by atoms with Crippen LogP contribution in [0.5, 0.6) is 0 Å². The fraction of sp³-hybridized carbons (Fsp3) is 0.333. The number of ether oxygens (including phenoxy) is 1. The zero-order chi connectivity index (χ0) is 16.4. The molecule has 1 aromatic carbocycles. The van der Waals surface area contributed by atoms with Gasteiger partial charge in [0.2, 0.25) is 5.78 Å². The zero-order valence-corrected chi connectivity index (χ0v) is 13.5. The minimum Gasteiger partial charge on any atom is -0.374 e. The van der Waals surface area contributed by atoms with Gasteiger partial charge in [0, 0.05) is 44.1 Å². The zero-order valence-electron chi connectivity index (χ0n) is 13.5. The molecule has 4 rings (SSSR count). The van der Waals surface area contributed by atoms with E-state index in [0.717, 1.165) is 49.0 Å². The van der Waals surface area contributed by atoms with Crippen molar-refractivity contribution in [2.75, 3.05) is 26.2 Å². The second kappa shape index (κ2) is 6.68. The number of fused-ring (bicyclic) bond motifs is 1. The van der Waals surface area contributed by atoms with Crippen LogP contribution in [0.4, 0.5) is 0 Å². The van der Waals surface area contributed by atoms with Crippen LogP contribution < -0.4 is 5.73 Å². The minimum atomic E-state index is 0.108. The molecule has 1 aliphatic heterocycles. The van der Waals surface area contributed by atoms with Gasteiger partial charge in [-0.05, 0) is 6.07 Å². The molecular weight excluding hydrogens is 302 g/mol. The highest BCUT2D eigenvalue weighted by molar-refractivity contribution is 5.65. The van der Waals surface area contributed by atoms with Crippen molar-refractivity contribution < 1.29 is 4.74 Å². The van der Waals surface area contributed by atoms with Crippen molar-refractivity contribution in [2.24, 2.45) is 5.73 Å². The molecule has 3 aromatic rings. The van der Waals surface area contributed by atoms with Crippen molar-refractivity contribution in [3.63, 3.8) is 0 Å². The number of nitrogens with two attached hydrogens (primary N) is 1. The Labute approximate surface area is 140 Å². The third-order valence-corrected chi connectivity index (χ3v) is 4.41. The van der Waals surface area contributed by atoms with Crippen LogP contribution in [0.15, 0.2) is 48.8 Å². The molecule has 0 radical (unpaired) electrons.